The number of hydrogen-bond acceptors (Lipinski definition) is 9. The summed E-state index contributed by atoms with van der Waals surface area (Å²) in [7, 11) is 0. The Hall–Kier alpha value is -2.99. The lowest BCUT2D eigenvalue weighted by molar-refractivity contribution is -0.151. The van der Waals surface area contributed by atoms with Crippen molar-refractivity contribution in [1.82, 2.24) is 9.80 Å². The molecule has 0 aromatic heterocycles. The van der Waals surface area contributed by atoms with Crippen LogP contribution in [0.4, 0.5) is 14.9 Å². The SMILES string of the molecule is C/C(=C\c1cc(F)cc(N2CCOCC2)c1)C1OC(=O)C[C@H](O)CC[C@H](C)[C@@H](OC(=O)N2CCN(C3CCOCC3)CC2)/C=C/[C@@H]1C. The maximum atomic E-state index is 14.7. The summed E-state index contributed by atoms with van der Waals surface area (Å²) in [6, 6.07) is 5.43. The molecule has 5 atom stereocenters. The number of piperazine rings is 1. The van der Waals surface area contributed by atoms with Crippen molar-refractivity contribution in [3.05, 3.63) is 47.3 Å². The van der Waals surface area contributed by atoms with Gasteiger partial charge in [-0.1, -0.05) is 26.0 Å². The Labute approximate surface area is 278 Å². The number of aliphatic hydroxyl groups is 1. The van der Waals surface area contributed by atoms with Gasteiger partial charge in [0.25, 0.3) is 0 Å². The van der Waals surface area contributed by atoms with E-state index in [1.165, 1.54) is 12.1 Å². The number of morpholine rings is 1. The third-order valence-electron chi connectivity index (χ3n) is 9.90. The highest BCUT2D eigenvalue weighted by molar-refractivity contribution is 5.71. The van der Waals surface area contributed by atoms with Crippen molar-refractivity contribution in [2.24, 2.45) is 11.8 Å². The zero-order valence-corrected chi connectivity index (χ0v) is 28.2. The molecule has 3 saturated heterocycles. The summed E-state index contributed by atoms with van der Waals surface area (Å²) in [5, 5.41) is 10.7. The Morgan fingerprint density at radius 1 is 0.936 bits per heavy atom. The predicted molar refractivity (Wildman–Crippen MR) is 178 cm³/mol. The second kappa shape index (κ2) is 16.9. The van der Waals surface area contributed by atoms with E-state index in [-0.39, 0.29) is 30.2 Å². The van der Waals surface area contributed by atoms with Gasteiger partial charge in [0.1, 0.15) is 18.0 Å². The number of carbonyl (C=O) groups is 2. The highest BCUT2D eigenvalue weighted by atomic mass is 19.1. The summed E-state index contributed by atoms with van der Waals surface area (Å²) >= 11 is 0. The van der Waals surface area contributed by atoms with Gasteiger partial charge in [0.05, 0.1) is 25.7 Å². The average Bonchev–Trinajstić information content (AvgIpc) is 3.07. The third kappa shape index (κ3) is 10.0. The fourth-order valence-corrected chi connectivity index (χ4v) is 6.99. The number of benzene rings is 1. The van der Waals surface area contributed by atoms with E-state index in [9.17, 15) is 19.1 Å². The van der Waals surface area contributed by atoms with E-state index in [2.05, 4.69) is 9.80 Å². The van der Waals surface area contributed by atoms with Crippen LogP contribution in [0.25, 0.3) is 6.08 Å². The largest absolute Gasteiger partial charge is 0.457 e. The van der Waals surface area contributed by atoms with Gasteiger partial charge in [0.2, 0.25) is 0 Å². The van der Waals surface area contributed by atoms with Gasteiger partial charge >= 0.3 is 12.1 Å². The molecule has 1 unspecified atom stereocenters. The van der Waals surface area contributed by atoms with Crippen molar-refractivity contribution in [1.29, 1.82) is 0 Å². The Balaban J connectivity index is 1.29. The van der Waals surface area contributed by atoms with Crippen LogP contribution in [0.5, 0.6) is 0 Å². The molecule has 0 aliphatic carbocycles. The molecule has 5 rings (SSSR count). The standard InChI is InChI=1S/C36H52FN3O7/c1-25-4-6-32(41)24-34(42)47-35(27(3)20-28-21-29(37)23-31(22-28)39-14-18-45-19-15-39)26(2)5-7-33(25)46-36(43)40-12-10-38(11-13-40)30-8-16-44-17-9-30/h5,7,20-23,25-26,30,32-33,35,41H,4,6,8-19,24H2,1-3H3/b7-5+,27-20+/t25-,26-,32+,33-,35?/m0/s1. The second-order valence-corrected chi connectivity index (χ2v) is 13.5. The molecule has 0 saturated carbocycles. The van der Waals surface area contributed by atoms with Crippen LogP contribution in [0.1, 0.15) is 58.4 Å². The zero-order valence-electron chi connectivity index (χ0n) is 28.2. The Kier molecular flexibility index (Phi) is 12.7. The molecule has 11 heteroatoms. The maximum absolute atomic E-state index is 14.7. The minimum absolute atomic E-state index is 0.0722. The molecule has 10 nitrogen and oxygen atoms in total. The molecule has 0 radical (unpaired) electrons. The van der Waals surface area contributed by atoms with Crippen LogP contribution in [-0.4, -0.2) is 117 Å². The van der Waals surface area contributed by atoms with E-state index in [1.807, 2.05) is 45.1 Å². The summed E-state index contributed by atoms with van der Waals surface area (Å²) in [4.78, 5) is 32.6. The summed E-state index contributed by atoms with van der Waals surface area (Å²) in [6.45, 7) is 12.8. The number of cyclic esters (lactones) is 1. The van der Waals surface area contributed by atoms with Crippen molar-refractivity contribution in [3.63, 3.8) is 0 Å². The van der Waals surface area contributed by atoms with E-state index in [4.69, 9.17) is 18.9 Å². The number of carbonyl (C=O) groups excluding carboxylic acids is 2. The summed E-state index contributed by atoms with van der Waals surface area (Å²) in [5.74, 6) is -1.18. The van der Waals surface area contributed by atoms with Crippen molar-refractivity contribution in [2.45, 2.75) is 77.2 Å². The quantitative estimate of drug-likeness (QED) is 0.358. The Morgan fingerprint density at radius 2 is 1.64 bits per heavy atom. The molecular weight excluding hydrogens is 605 g/mol. The van der Waals surface area contributed by atoms with E-state index in [1.54, 1.807) is 4.90 Å². The molecule has 1 N–H and O–H groups in total. The number of ether oxygens (including phenoxy) is 4. The van der Waals surface area contributed by atoms with Crippen molar-refractivity contribution in [2.75, 3.05) is 70.6 Å². The van der Waals surface area contributed by atoms with Crippen LogP contribution in [0.2, 0.25) is 0 Å². The molecule has 3 fully saturated rings. The first-order chi connectivity index (χ1) is 22.7. The van der Waals surface area contributed by atoms with Gasteiger partial charge in [0.15, 0.2) is 0 Å². The molecule has 1 amide bonds. The van der Waals surface area contributed by atoms with Gasteiger partial charge in [-0.05, 0) is 73.9 Å². The number of hydrogen-bond donors (Lipinski definition) is 1. The summed E-state index contributed by atoms with van der Waals surface area (Å²) < 4.78 is 37.7. The van der Waals surface area contributed by atoms with Crippen LogP contribution in [-0.2, 0) is 23.7 Å². The number of aliphatic hydroxyl groups excluding tert-OH is 1. The predicted octanol–water partition coefficient (Wildman–Crippen LogP) is 4.65. The van der Waals surface area contributed by atoms with Gasteiger partial charge in [-0.25, -0.2) is 9.18 Å². The normalized spacial score (nSPS) is 30.2. The smallest absolute Gasteiger partial charge is 0.410 e. The average molecular weight is 658 g/mol. The summed E-state index contributed by atoms with van der Waals surface area (Å²) in [6.07, 6.45) is 6.19. The molecule has 260 valence electrons. The Bertz CT molecular complexity index is 1250. The van der Waals surface area contributed by atoms with Gasteiger partial charge in [-0.2, -0.15) is 0 Å². The molecule has 0 spiro atoms. The van der Waals surface area contributed by atoms with Crippen molar-refractivity contribution < 1.29 is 38.0 Å². The molecule has 1 aromatic carbocycles. The summed E-state index contributed by atoms with van der Waals surface area (Å²) in [5.41, 5.74) is 2.19. The topological polar surface area (TPSA) is 101 Å². The first kappa shape index (κ1) is 35.3. The fraction of sp³-hybridized carbons (Fsp3) is 0.667. The van der Waals surface area contributed by atoms with Gasteiger partial charge in [0, 0.05) is 70.1 Å². The van der Waals surface area contributed by atoms with Gasteiger partial charge in [-0.3, -0.25) is 9.69 Å². The van der Waals surface area contributed by atoms with E-state index >= 15 is 0 Å². The molecular formula is C36H52FN3O7. The third-order valence-corrected chi connectivity index (χ3v) is 9.90. The first-order valence-corrected chi connectivity index (χ1v) is 17.3. The van der Waals surface area contributed by atoms with Gasteiger partial charge in [-0.15, -0.1) is 0 Å². The molecule has 4 aliphatic heterocycles. The Morgan fingerprint density at radius 3 is 2.36 bits per heavy atom. The number of anilines is 1. The highest BCUT2D eigenvalue weighted by Gasteiger charge is 2.31. The first-order valence-electron chi connectivity index (χ1n) is 17.3. The molecule has 0 bridgehead atoms. The number of amides is 1. The van der Waals surface area contributed by atoms with Crippen LogP contribution >= 0.6 is 0 Å². The van der Waals surface area contributed by atoms with Crippen LogP contribution in [0.15, 0.2) is 35.9 Å². The van der Waals surface area contributed by atoms with Crippen LogP contribution < -0.4 is 4.90 Å². The minimum Gasteiger partial charge on any atom is -0.457 e. The highest BCUT2D eigenvalue weighted by Crippen LogP contribution is 2.28. The lowest BCUT2D eigenvalue weighted by Gasteiger charge is -2.40. The fourth-order valence-electron chi connectivity index (χ4n) is 6.99. The zero-order chi connectivity index (χ0) is 33.3. The molecule has 4 heterocycles. The van der Waals surface area contributed by atoms with Crippen molar-refractivity contribution >= 4 is 23.8 Å². The van der Waals surface area contributed by atoms with E-state index < -0.39 is 24.3 Å². The molecule has 1 aromatic rings. The van der Waals surface area contributed by atoms with E-state index in [0.717, 1.165) is 50.4 Å². The van der Waals surface area contributed by atoms with E-state index in [0.29, 0.717) is 63.8 Å². The number of halogens is 1. The monoisotopic (exact) mass is 657 g/mol. The number of rotatable bonds is 5. The minimum atomic E-state index is -0.873. The number of nitrogens with zero attached hydrogens (tertiary/aromatic N) is 3. The van der Waals surface area contributed by atoms with Gasteiger partial charge < -0.3 is 33.9 Å². The lowest BCUT2D eigenvalue weighted by Crippen LogP contribution is -2.53. The number of esters is 1. The van der Waals surface area contributed by atoms with Crippen molar-refractivity contribution in [3.8, 4) is 0 Å². The van der Waals surface area contributed by atoms with Crippen LogP contribution in [0, 0.1) is 17.7 Å². The van der Waals surface area contributed by atoms with Crippen LogP contribution in [0.3, 0.4) is 0 Å². The molecule has 4 aliphatic rings. The lowest BCUT2D eigenvalue weighted by atomic mass is 9.91. The maximum Gasteiger partial charge on any atom is 0.410 e. The second-order valence-electron chi connectivity index (χ2n) is 13.5. The molecule has 47 heavy (non-hydrogen) atoms.